The minimum atomic E-state index is -1.34. The van der Waals surface area contributed by atoms with Gasteiger partial charge in [-0.15, -0.1) is 0 Å². The van der Waals surface area contributed by atoms with Crippen LogP contribution >= 0.6 is 0 Å². The number of hydrogen-bond donors (Lipinski definition) is 2. The molecule has 110 valence electrons. The molecule has 2 N–H and O–H groups in total. The Kier molecular flexibility index (Phi) is 5.89. The highest BCUT2D eigenvalue weighted by Gasteiger charge is 2.07. The Hall–Kier alpha value is -2.43. The largest absolute Gasteiger partial charge is 0.488 e. The Morgan fingerprint density at radius 1 is 0.727 bits per heavy atom. The van der Waals surface area contributed by atoms with Gasteiger partial charge in [0.15, 0.2) is 0 Å². The van der Waals surface area contributed by atoms with E-state index in [2.05, 4.69) is 17.1 Å². The number of aromatic nitrogens is 1. The number of hydrogen-bond acceptors (Lipinski definition) is 3. The van der Waals surface area contributed by atoms with Crippen LogP contribution in [0, 0.1) is 6.92 Å². The van der Waals surface area contributed by atoms with E-state index < -0.39 is 7.12 Å². The first-order chi connectivity index (χ1) is 10.7. The first kappa shape index (κ1) is 16.0. The normalized spacial score (nSPS) is 9.59. The molecule has 0 unspecified atom stereocenters. The summed E-state index contributed by atoms with van der Waals surface area (Å²) in [5, 5.41) is 17.2. The molecule has 2 aromatic carbocycles. The average Bonchev–Trinajstić information content (AvgIpc) is 2.57. The summed E-state index contributed by atoms with van der Waals surface area (Å²) < 4.78 is 0. The van der Waals surface area contributed by atoms with Crippen molar-refractivity contribution in [2.45, 2.75) is 6.92 Å². The van der Waals surface area contributed by atoms with Gasteiger partial charge in [-0.05, 0) is 24.5 Å². The van der Waals surface area contributed by atoms with Crippen LogP contribution in [0.5, 0.6) is 0 Å². The van der Waals surface area contributed by atoms with Gasteiger partial charge < -0.3 is 10.0 Å². The van der Waals surface area contributed by atoms with E-state index in [1.54, 1.807) is 24.3 Å². The third kappa shape index (κ3) is 4.84. The van der Waals surface area contributed by atoms with Crippen molar-refractivity contribution >= 4 is 12.6 Å². The maximum atomic E-state index is 8.58. The zero-order chi connectivity index (χ0) is 15.8. The van der Waals surface area contributed by atoms with Crippen LogP contribution in [0.4, 0.5) is 0 Å². The van der Waals surface area contributed by atoms with Crippen molar-refractivity contribution in [1.82, 2.24) is 4.98 Å². The second-order valence-corrected chi connectivity index (χ2v) is 4.81. The molecule has 0 aliphatic heterocycles. The zero-order valence-electron chi connectivity index (χ0n) is 12.4. The van der Waals surface area contributed by atoms with E-state index in [4.69, 9.17) is 10.0 Å². The van der Waals surface area contributed by atoms with Gasteiger partial charge in [0.05, 0.1) is 5.69 Å². The number of benzene rings is 2. The van der Waals surface area contributed by atoms with Gasteiger partial charge in [-0.25, -0.2) is 0 Å². The summed E-state index contributed by atoms with van der Waals surface area (Å²) in [5.74, 6) is 0. The monoisotopic (exact) mass is 291 g/mol. The van der Waals surface area contributed by atoms with Gasteiger partial charge in [0.25, 0.3) is 0 Å². The van der Waals surface area contributed by atoms with Crippen LogP contribution in [0.2, 0.25) is 0 Å². The fourth-order valence-electron chi connectivity index (χ4n) is 1.94. The van der Waals surface area contributed by atoms with Gasteiger partial charge in [0, 0.05) is 11.3 Å². The molecule has 0 spiro atoms. The standard InChI is InChI=1S/C12H11N.C6H7BO2/c1-10-6-5-9-12(13-10)11-7-3-2-4-8-11;8-7(9)6-4-2-1-3-5-6/h2-9H,1H3;1-5,8-9H. The van der Waals surface area contributed by atoms with Crippen molar-refractivity contribution in [2.75, 3.05) is 0 Å². The fraction of sp³-hybridized carbons (Fsp3) is 0.0556. The highest BCUT2D eigenvalue weighted by molar-refractivity contribution is 6.58. The lowest BCUT2D eigenvalue weighted by atomic mass is 9.81. The first-order valence-electron chi connectivity index (χ1n) is 7.07. The molecule has 0 bridgehead atoms. The minimum absolute atomic E-state index is 0.525. The predicted molar refractivity (Wildman–Crippen MR) is 90.7 cm³/mol. The molecule has 0 radical (unpaired) electrons. The third-order valence-electron chi connectivity index (χ3n) is 3.06. The number of pyridine rings is 1. The summed E-state index contributed by atoms with van der Waals surface area (Å²) in [7, 11) is -1.34. The Morgan fingerprint density at radius 3 is 1.82 bits per heavy atom. The lowest BCUT2D eigenvalue weighted by molar-refractivity contribution is 0.426. The van der Waals surface area contributed by atoms with Gasteiger partial charge >= 0.3 is 7.12 Å². The SMILES string of the molecule is Cc1cccc(-c2ccccc2)n1.OB(O)c1ccccc1. The lowest BCUT2D eigenvalue weighted by Gasteiger charge is -2.00. The van der Waals surface area contributed by atoms with Crippen molar-refractivity contribution in [3.8, 4) is 11.3 Å². The Balaban J connectivity index is 0.000000172. The summed E-state index contributed by atoms with van der Waals surface area (Å²) in [5.41, 5.74) is 3.80. The van der Waals surface area contributed by atoms with Crippen LogP contribution in [-0.2, 0) is 0 Å². The molecule has 3 nitrogen and oxygen atoms in total. The van der Waals surface area contributed by atoms with Crippen molar-refractivity contribution in [2.24, 2.45) is 0 Å². The summed E-state index contributed by atoms with van der Waals surface area (Å²) in [6.45, 7) is 2.01. The molecule has 0 saturated carbocycles. The van der Waals surface area contributed by atoms with Gasteiger partial charge in [0.1, 0.15) is 0 Å². The van der Waals surface area contributed by atoms with Crippen LogP contribution in [-0.4, -0.2) is 22.2 Å². The smallest absolute Gasteiger partial charge is 0.423 e. The van der Waals surface area contributed by atoms with E-state index in [-0.39, 0.29) is 0 Å². The summed E-state index contributed by atoms with van der Waals surface area (Å²) in [6.07, 6.45) is 0. The Morgan fingerprint density at radius 2 is 1.32 bits per heavy atom. The topological polar surface area (TPSA) is 53.4 Å². The maximum Gasteiger partial charge on any atom is 0.488 e. The predicted octanol–water partition coefficient (Wildman–Crippen LogP) is 2.42. The Labute approximate surface area is 131 Å². The molecule has 3 aromatic rings. The number of rotatable bonds is 2. The van der Waals surface area contributed by atoms with Crippen LogP contribution in [0.1, 0.15) is 5.69 Å². The van der Waals surface area contributed by atoms with Crippen LogP contribution in [0.25, 0.3) is 11.3 Å². The average molecular weight is 291 g/mol. The van der Waals surface area contributed by atoms with Gasteiger partial charge in [-0.3, -0.25) is 4.98 Å². The minimum Gasteiger partial charge on any atom is -0.423 e. The number of nitrogens with zero attached hydrogens (tertiary/aromatic N) is 1. The van der Waals surface area contributed by atoms with E-state index in [9.17, 15) is 0 Å². The van der Waals surface area contributed by atoms with Crippen molar-refractivity contribution in [3.05, 3.63) is 84.6 Å². The second-order valence-electron chi connectivity index (χ2n) is 4.81. The quantitative estimate of drug-likeness (QED) is 0.713. The highest BCUT2D eigenvalue weighted by Crippen LogP contribution is 2.15. The van der Waals surface area contributed by atoms with Crippen molar-refractivity contribution < 1.29 is 10.0 Å². The molecule has 0 atom stereocenters. The molecule has 4 heteroatoms. The van der Waals surface area contributed by atoms with E-state index in [0.717, 1.165) is 11.4 Å². The second kappa shape index (κ2) is 8.12. The summed E-state index contributed by atoms with van der Waals surface area (Å²) in [4.78, 5) is 4.44. The number of aryl methyl sites for hydroxylation is 1. The molecule has 22 heavy (non-hydrogen) atoms. The molecule has 0 aliphatic carbocycles. The van der Waals surface area contributed by atoms with E-state index in [0.29, 0.717) is 5.46 Å². The van der Waals surface area contributed by atoms with Gasteiger partial charge in [0.2, 0.25) is 0 Å². The molecule has 0 fully saturated rings. The third-order valence-corrected chi connectivity index (χ3v) is 3.06. The van der Waals surface area contributed by atoms with E-state index in [1.807, 2.05) is 49.4 Å². The van der Waals surface area contributed by atoms with Crippen molar-refractivity contribution in [3.63, 3.8) is 0 Å². The molecule has 0 saturated heterocycles. The van der Waals surface area contributed by atoms with E-state index >= 15 is 0 Å². The van der Waals surface area contributed by atoms with Gasteiger partial charge in [-0.1, -0.05) is 66.7 Å². The lowest BCUT2D eigenvalue weighted by Crippen LogP contribution is -2.29. The van der Waals surface area contributed by atoms with Crippen molar-refractivity contribution in [1.29, 1.82) is 0 Å². The molecular weight excluding hydrogens is 273 g/mol. The summed E-state index contributed by atoms with van der Waals surface area (Å²) in [6, 6.07) is 24.9. The molecule has 1 aromatic heterocycles. The summed E-state index contributed by atoms with van der Waals surface area (Å²) >= 11 is 0. The zero-order valence-corrected chi connectivity index (χ0v) is 12.4. The molecule has 0 amide bonds. The van der Waals surface area contributed by atoms with E-state index in [1.165, 1.54) is 5.56 Å². The molecule has 0 aliphatic rings. The molecule has 1 heterocycles. The van der Waals surface area contributed by atoms with Crippen LogP contribution < -0.4 is 5.46 Å². The fourth-order valence-corrected chi connectivity index (χ4v) is 1.94. The molecular formula is C18H18BNO2. The Bertz CT molecular complexity index is 688. The van der Waals surface area contributed by atoms with Gasteiger partial charge in [-0.2, -0.15) is 0 Å². The van der Waals surface area contributed by atoms with Crippen LogP contribution in [0.3, 0.4) is 0 Å². The first-order valence-corrected chi connectivity index (χ1v) is 7.07. The van der Waals surface area contributed by atoms with Crippen LogP contribution in [0.15, 0.2) is 78.9 Å². The maximum absolute atomic E-state index is 8.58. The highest BCUT2D eigenvalue weighted by atomic mass is 16.4. The molecule has 3 rings (SSSR count).